The van der Waals surface area contributed by atoms with Gasteiger partial charge in [0.15, 0.2) is 0 Å². The van der Waals surface area contributed by atoms with Gasteiger partial charge in [0.05, 0.1) is 18.3 Å². The average Bonchev–Trinajstić information content (AvgIpc) is 3.56. The van der Waals surface area contributed by atoms with Crippen LogP contribution < -0.4 is 10.7 Å². The molecule has 2 nitrogen and oxygen atoms in total. The Kier molecular flexibility index (Phi) is 5.59. The maximum absolute atomic E-state index is 5.04. The Hall–Kier alpha value is -1.42. The predicted octanol–water partition coefficient (Wildman–Crippen LogP) is 9.11. The van der Waals surface area contributed by atoms with Crippen LogP contribution in [0, 0.1) is 0 Å². The summed E-state index contributed by atoms with van der Waals surface area (Å²) in [5.74, 6) is 0. The Morgan fingerprint density at radius 2 is 0.879 bits per heavy atom. The summed E-state index contributed by atoms with van der Waals surface area (Å²) in [5.41, 5.74) is 1.87. The van der Waals surface area contributed by atoms with Gasteiger partial charge in [-0.25, -0.2) is 0 Å². The van der Waals surface area contributed by atoms with Gasteiger partial charge in [0.25, 0.3) is 0 Å². The van der Waals surface area contributed by atoms with E-state index in [0.29, 0.717) is 0 Å². The van der Waals surface area contributed by atoms with Crippen molar-refractivity contribution in [1.29, 1.82) is 0 Å². The number of halogens is 2. The molecule has 0 saturated carbocycles. The molecule has 0 atom stereocenters. The van der Waals surface area contributed by atoms with Crippen molar-refractivity contribution < 1.29 is 0 Å². The van der Waals surface area contributed by atoms with E-state index in [2.05, 4.69) is 106 Å². The van der Waals surface area contributed by atoms with Crippen LogP contribution in [0.25, 0.3) is 40.4 Å². The molecule has 0 N–H and O–H groups in total. The maximum Gasteiger partial charge on any atom is 0.146 e. The van der Waals surface area contributed by atoms with E-state index >= 15 is 0 Å². The fourth-order valence-corrected chi connectivity index (χ4v) is 8.92. The zero-order valence-electron chi connectivity index (χ0n) is 17.6. The summed E-state index contributed by atoms with van der Waals surface area (Å²) >= 11 is 14.3. The van der Waals surface area contributed by atoms with Crippen molar-refractivity contribution in [2.75, 3.05) is 0 Å². The minimum atomic E-state index is -0.454. The lowest BCUT2D eigenvalue weighted by Gasteiger charge is -2.07. The molecular formula is C25H16Br2N2S4. The third-order valence-electron chi connectivity index (χ3n) is 5.30. The van der Waals surface area contributed by atoms with Crippen LogP contribution in [0.1, 0.15) is 13.8 Å². The minimum Gasteiger partial charge on any atom is -0.253 e. The fraction of sp³-hybridized carbons (Fsp3) is 0.120. The van der Waals surface area contributed by atoms with Crippen LogP contribution in [-0.2, 0) is 0 Å². The Morgan fingerprint density at radius 3 is 1.27 bits per heavy atom. The summed E-state index contributed by atoms with van der Waals surface area (Å²) in [6, 6.07) is 21.8. The SMILES string of the molecule is CC1(C)N=c2c(-c3ccc(-c4ccc(Br)s4)s3)ccc(-c3ccc(-c4ccc(Br)s4)s3)c2=N1. The molecule has 0 fully saturated rings. The summed E-state index contributed by atoms with van der Waals surface area (Å²) < 4.78 is 2.30. The predicted molar refractivity (Wildman–Crippen MR) is 151 cm³/mol. The monoisotopic (exact) mass is 630 g/mol. The highest BCUT2D eigenvalue weighted by Crippen LogP contribution is 2.40. The molecule has 0 amide bonds. The zero-order valence-corrected chi connectivity index (χ0v) is 24.0. The standard InChI is InChI=1S/C25H16Br2N2S4/c1-25(2)28-23-13(15-5-7-17(30-15)19-9-11-21(26)32-19)3-4-14(24(23)29-25)16-6-8-18(31-16)20-10-12-22(27)33-20/h3-12H,1-2H3. The van der Waals surface area contributed by atoms with Crippen molar-refractivity contribution >= 4 is 77.2 Å². The van der Waals surface area contributed by atoms with Crippen LogP contribution in [0.2, 0.25) is 0 Å². The average molecular weight is 632 g/mol. The smallest absolute Gasteiger partial charge is 0.146 e. The molecule has 0 saturated heterocycles. The van der Waals surface area contributed by atoms with Crippen molar-refractivity contribution in [3.63, 3.8) is 0 Å². The largest absolute Gasteiger partial charge is 0.253 e. The molecule has 8 heteroatoms. The molecule has 0 bridgehead atoms. The number of hydrogen-bond donors (Lipinski definition) is 0. The Morgan fingerprint density at radius 1 is 0.515 bits per heavy atom. The second kappa shape index (κ2) is 8.36. The third-order valence-corrected chi connectivity index (χ3v) is 11.2. The first-order valence-corrected chi connectivity index (χ1v) is 15.1. The highest BCUT2D eigenvalue weighted by molar-refractivity contribution is 9.11. The van der Waals surface area contributed by atoms with Gasteiger partial charge in [-0.2, -0.15) is 0 Å². The number of fused-ring (bicyclic) bond motifs is 1. The van der Waals surface area contributed by atoms with Gasteiger partial charge in [-0.3, -0.25) is 9.98 Å². The molecule has 0 unspecified atom stereocenters. The summed E-state index contributed by atoms with van der Waals surface area (Å²) in [6.07, 6.45) is 0. The van der Waals surface area contributed by atoms with Gasteiger partial charge in [0.1, 0.15) is 5.66 Å². The van der Waals surface area contributed by atoms with Crippen molar-refractivity contribution in [3.8, 4) is 40.4 Å². The van der Waals surface area contributed by atoms with Gasteiger partial charge in [-0.15, -0.1) is 45.3 Å². The Bertz CT molecular complexity index is 1510. The Labute approximate surface area is 224 Å². The molecule has 1 aliphatic heterocycles. The lowest BCUT2D eigenvalue weighted by Crippen LogP contribution is -2.25. The third kappa shape index (κ3) is 4.15. The molecule has 5 aromatic rings. The molecule has 0 radical (unpaired) electrons. The van der Waals surface area contributed by atoms with Crippen LogP contribution in [0.15, 0.2) is 78.2 Å². The maximum atomic E-state index is 5.04. The van der Waals surface area contributed by atoms with Crippen molar-refractivity contribution in [2.45, 2.75) is 19.5 Å². The van der Waals surface area contributed by atoms with Gasteiger partial charge in [0, 0.05) is 40.4 Å². The topological polar surface area (TPSA) is 24.7 Å². The van der Waals surface area contributed by atoms with E-state index in [4.69, 9.17) is 9.98 Å². The summed E-state index contributed by atoms with van der Waals surface area (Å²) in [6.45, 7) is 4.15. The summed E-state index contributed by atoms with van der Waals surface area (Å²) in [4.78, 5) is 17.6. The van der Waals surface area contributed by atoms with Crippen LogP contribution in [0.5, 0.6) is 0 Å². The molecule has 1 aromatic carbocycles. The van der Waals surface area contributed by atoms with Crippen LogP contribution in [0.3, 0.4) is 0 Å². The number of hydrogen-bond acceptors (Lipinski definition) is 6. The van der Waals surface area contributed by atoms with Gasteiger partial charge < -0.3 is 0 Å². The van der Waals surface area contributed by atoms with E-state index in [-0.39, 0.29) is 0 Å². The second-order valence-corrected chi connectivity index (χ2v) is 15.2. The van der Waals surface area contributed by atoms with Crippen molar-refractivity contribution in [1.82, 2.24) is 0 Å². The van der Waals surface area contributed by atoms with Gasteiger partial charge in [-0.1, -0.05) is 12.1 Å². The first-order valence-electron chi connectivity index (χ1n) is 10.2. The fourth-order valence-electron chi connectivity index (χ4n) is 3.90. The number of rotatable bonds is 4. The van der Waals surface area contributed by atoms with E-state index < -0.39 is 5.66 Å². The molecule has 4 aromatic heterocycles. The quantitative estimate of drug-likeness (QED) is 0.189. The van der Waals surface area contributed by atoms with Crippen LogP contribution in [-0.4, -0.2) is 5.66 Å². The highest BCUT2D eigenvalue weighted by Gasteiger charge is 2.23. The number of thiophene rings is 4. The molecule has 6 rings (SSSR count). The molecule has 1 aliphatic rings. The Balaban J connectivity index is 1.46. The van der Waals surface area contributed by atoms with Crippen LogP contribution >= 0.6 is 77.2 Å². The second-order valence-electron chi connectivity index (χ2n) is 8.11. The molecule has 164 valence electrons. The van der Waals surface area contributed by atoms with E-state index in [0.717, 1.165) is 29.4 Å². The van der Waals surface area contributed by atoms with Crippen molar-refractivity contribution in [3.05, 3.63) is 79.0 Å². The lowest BCUT2D eigenvalue weighted by molar-refractivity contribution is 0.549. The van der Waals surface area contributed by atoms with E-state index in [1.165, 1.54) is 29.3 Å². The lowest BCUT2D eigenvalue weighted by atomic mass is 10.1. The molecule has 5 heterocycles. The van der Waals surface area contributed by atoms with Crippen LogP contribution in [0.4, 0.5) is 0 Å². The molecule has 0 aliphatic carbocycles. The minimum absolute atomic E-state index is 0.454. The first-order chi connectivity index (χ1) is 15.9. The molecule has 0 spiro atoms. The normalized spacial score (nSPS) is 14.2. The van der Waals surface area contributed by atoms with E-state index in [1.807, 2.05) is 22.7 Å². The number of benzene rings is 1. The molecule has 33 heavy (non-hydrogen) atoms. The van der Waals surface area contributed by atoms with Gasteiger partial charge in [0.2, 0.25) is 0 Å². The summed E-state index contributed by atoms with van der Waals surface area (Å²) in [7, 11) is 0. The molecular weight excluding hydrogens is 616 g/mol. The summed E-state index contributed by atoms with van der Waals surface area (Å²) in [5, 5.41) is 2.01. The van der Waals surface area contributed by atoms with Gasteiger partial charge in [-0.05, 0) is 94.2 Å². The van der Waals surface area contributed by atoms with E-state index in [1.54, 1.807) is 22.7 Å². The first kappa shape index (κ1) is 22.1. The van der Waals surface area contributed by atoms with E-state index in [9.17, 15) is 0 Å². The highest BCUT2D eigenvalue weighted by atomic mass is 79.9. The number of nitrogens with zero attached hydrogens (tertiary/aromatic N) is 2. The van der Waals surface area contributed by atoms with Gasteiger partial charge >= 0.3 is 0 Å². The van der Waals surface area contributed by atoms with Crippen molar-refractivity contribution in [2.24, 2.45) is 9.98 Å². The zero-order chi connectivity index (χ0) is 22.7.